The summed E-state index contributed by atoms with van der Waals surface area (Å²) in [6.07, 6.45) is 0. The number of rotatable bonds is 4. The second kappa shape index (κ2) is 6.40. The third-order valence-electron chi connectivity index (χ3n) is 3.75. The lowest BCUT2D eigenvalue weighted by atomic mass is 10.2. The highest BCUT2D eigenvalue weighted by Gasteiger charge is 2.20. The molecule has 0 saturated carbocycles. The van der Waals surface area contributed by atoms with Crippen LogP contribution in [0.4, 0.5) is 0 Å². The summed E-state index contributed by atoms with van der Waals surface area (Å²) in [5.41, 5.74) is 1.71. The van der Waals surface area contributed by atoms with Gasteiger partial charge in [-0.3, -0.25) is 0 Å². The van der Waals surface area contributed by atoms with E-state index in [2.05, 4.69) is 30.9 Å². The highest BCUT2D eigenvalue weighted by atomic mass is 35.5. The molecule has 0 bridgehead atoms. The van der Waals surface area contributed by atoms with E-state index < -0.39 is 0 Å². The fourth-order valence-electron chi connectivity index (χ4n) is 2.41. The number of halogens is 1. The van der Waals surface area contributed by atoms with Crippen molar-refractivity contribution >= 4 is 11.6 Å². The lowest BCUT2D eigenvalue weighted by molar-refractivity contribution is 0.453. The van der Waals surface area contributed by atoms with Crippen molar-refractivity contribution in [3.8, 4) is 17.1 Å². The molecule has 0 fully saturated rings. The molecule has 0 spiro atoms. The molecule has 0 saturated heterocycles. The zero-order valence-corrected chi connectivity index (χ0v) is 14.0. The van der Waals surface area contributed by atoms with Crippen LogP contribution in [0.3, 0.4) is 0 Å². The highest BCUT2D eigenvalue weighted by Crippen LogP contribution is 2.20. The number of para-hydroxylation sites is 1. The average molecular weight is 353 g/mol. The Morgan fingerprint density at radius 3 is 2.44 bits per heavy atom. The van der Waals surface area contributed by atoms with Gasteiger partial charge in [0.1, 0.15) is 6.04 Å². The zero-order valence-electron chi connectivity index (χ0n) is 13.2. The summed E-state index contributed by atoms with van der Waals surface area (Å²) >= 11 is 5.91. The average Bonchev–Trinajstić information content (AvgIpc) is 3.32. The number of hydrogen-bond donors (Lipinski definition) is 0. The maximum absolute atomic E-state index is 5.91. The molecule has 2 heterocycles. The van der Waals surface area contributed by atoms with Crippen molar-refractivity contribution in [1.29, 1.82) is 0 Å². The van der Waals surface area contributed by atoms with E-state index >= 15 is 0 Å². The molecule has 0 N–H and O–H groups in total. The topological polar surface area (TPSA) is 87.2 Å². The standard InChI is InChI=1S/C16H13ClN8/c1-11(16-19-21-23-24(16)14-5-3-2-4-6-14)25-20-15(18-22-25)12-7-9-13(17)10-8-12/h2-11H,1H3. The van der Waals surface area contributed by atoms with Crippen LogP contribution >= 0.6 is 11.6 Å². The van der Waals surface area contributed by atoms with Crippen LogP contribution in [-0.2, 0) is 0 Å². The molecule has 1 atom stereocenters. The fourth-order valence-corrected chi connectivity index (χ4v) is 2.54. The van der Waals surface area contributed by atoms with Crippen LogP contribution in [-0.4, -0.2) is 40.4 Å². The summed E-state index contributed by atoms with van der Waals surface area (Å²) in [5.74, 6) is 1.13. The molecule has 0 aliphatic rings. The van der Waals surface area contributed by atoms with Crippen LogP contribution in [0.2, 0.25) is 5.02 Å². The van der Waals surface area contributed by atoms with Gasteiger partial charge in [0, 0.05) is 10.6 Å². The van der Waals surface area contributed by atoms with Gasteiger partial charge in [0.15, 0.2) is 5.82 Å². The van der Waals surface area contributed by atoms with Gasteiger partial charge in [0.05, 0.1) is 5.69 Å². The van der Waals surface area contributed by atoms with Gasteiger partial charge < -0.3 is 0 Å². The first kappa shape index (κ1) is 15.4. The molecule has 1 unspecified atom stereocenters. The number of tetrazole rings is 2. The summed E-state index contributed by atoms with van der Waals surface area (Å²) in [6.45, 7) is 1.92. The molecule has 0 aliphatic heterocycles. The van der Waals surface area contributed by atoms with E-state index in [0.717, 1.165) is 11.3 Å². The van der Waals surface area contributed by atoms with E-state index in [1.54, 1.807) is 16.8 Å². The van der Waals surface area contributed by atoms with Crippen molar-refractivity contribution in [2.75, 3.05) is 0 Å². The van der Waals surface area contributed by atoms with Gasteiger partial charge in [-0.25, -0.2) is 0 Å². The van der Waals surface area contributed by atoms with Crippen molar-refractivity contribution in [1.82, 2.24) is 40.4 Å². The third-order valence-corrected chi connectivity index (χ3v) is 4.00. The molecule has 0 radical (unpaired) electrons. The normalized spacial score (nSPS) is 12.2. The minimum atomic E-state index is -0.288. The molecular weight excluding hydrogens is 340 g/mol. The minimum Gasteiger partial charge on any atom is -0.195 e. The highest BCUT2D eigenvalue weighted by molar-refractivity contribution is 6.30. The monoisotopic (exact) mass is 352 g/mol. The summed E-state index contributed by atoms with van der Waals surface area (Å²) in [6, 6.07) is 16.6. The second-order valence-electron chi connectivity index (χ2n) is 5.40. The van der Waals surface area contributed by atoms with Gasteiger partial charge in [-0.1, -0.05) is 29.8 Å². The Morgan fingerprint density at radius 2 is 1.68 bits per heavy atom. The van der Waals surface area contributed by atoms with Crippen molar-refractivity contribution in [3.63, 3.8) is 0 Å². The van der Waals surface area contributed by atoms with E-state index in [4.69, 9.17) is 11.6 Å². The van der Waals surface area contributed by atoms with Crippen LogP contribution < -0.4 is 0 Å². The molecule has 4 aromatic rings. The van der Waals surface area contributed by atoms with E-state index in [-0.39, 0.29) is 6.04 Å². The molecule has 124 valence electrons. The Bertz CT molecular complexity index is 977. The van der Waals surface area contributed by atoms with E-state index in [1.807, 2.05) is 49.4 Å². The molecule has 2 aromatic carbocycles. The summed E-state index contributed by atoms with van der Waals surface area (Å²) in [7, 11) is 0. The predicted molar refractivity (Wildman–Crippen MR) is 91.2 cm³/mol. The first-order valence-corrected chi connectivity index (χ1v) is 7.99. The van der Waals surface area contributed by atoms with Gasteiger partial charge in [0.2, 0.25) is 5.82 Å². The SMILES string of the molecule is CC(c1nnnn1-c1ccccc1)n1nnc(-c2ccc(Cl)cc2)n1. The largest absolute Gasteiger partial charge is 0.204 e. The van der Waals surface area contributed by atoms with Gasteiger partial charge in [-0.15, -0.1) is 15.3 Å². The molecule has 0 amide bonds. The van der Waals surface area contributed by atoms with Crippen molar-refractivity contribution < 1.29 is 0 Å². The van der Waals surface area contributed by atoms with Gasteiger partial charge in [0.25, 0.3) is 0 Å². The number of nitrogens with zero attached hydrogens (tertiary/aromatic N) is 8. The van der Waals surface area contributed by atoms with Crippen molar-refractivity contribution in [3.05, 3.63) is 65.4 Å². The maximum atomic E-state index is 5.91. The van der Waals surface area contributed by atoms with Crippen LogP contribution in [0.5, 0.6) is 0 Å². The lowest BCUT2D eigenvalue weighted by Gasteiger charge is -2.09. The maximum Gasteiger partial charge on any atom is 0.204 e. The molecule has 4 rings (SSSR count). The van der Waals surface area contributed by atoms with E-state index in [1.165, 1.54) is 4.80 Å². The number of hydrogen-bond acceptors (Lipinski definition) is 6. The number of aromatic nitrogens is 8. The number of benzene rings is 2. The Kier molecular flexibility index (Phi) is 3.95. The Morgan fingerprint density at radius 1 is 0.920 bits per heavy atom. The van der Waals surface area contributed by atoms with Crippen LogP contribution in [0, 0.1) is 0 Å². The van der Waals surface area contributed by atoms with Crippen molar-refractivity contribution in [2.24, 2.45) is 0 Å². The summed E-state index contributed by atoms with van der Waals surface area (Å²) < 4.78 is 1.66. The van der Waals surface area contributed by atoms with Crippen LogP contribution in [0.25, 0.3) is 17.1 Å². The van der Waals surface area contributed by atoms with E-state index in [0.29, 0.717) is 16.7 Å². The zero-order chi connectivity index (χ0) is 17.2. The molecule has 25 heavy (non-hydrogen) atoms. The molecular formula is C16H13ClN8. The molecule has 8 nitrogen and oxygen atoms in total. The summed E-state index contributed by atoms with van der Waals surface area (Å²) in [4.78, 5) is 1.50. The Labute approximate surface area is 148 Å². The van der Waals surface area contributed by atoms with E-state index in [9.17, 15) is 0 Å². The molecule has 2 aromatic heterocycles. The van der Waals surface area contributed by atoms with Gasteiger partial charge >= 0.3 is 0 Å². The smallest absolute Gasteiger partial charge is 0.195 e. The fraction of sp³-hybridized carbons (Fsp3) is 0.125. The predicted octanol–water partition coefficient (Wildman–Crippen LogP) is 2.58. The van der Waals surface area contributed by atoms with Gasteiger partial charge in [-0.05, 0) is 59.0 Å². The first-order valence-electron chi connectivity index (χ1n) is 7.61. The third kappa shape index (κ3) is 2.99. The molecule has 9 heteroatoms. The first-order chi connectivity index (χ1) is 12.2. The molecule has 0 aliphatic carbocycles. The van der Waals surface area contributed by atoms with Crippen LogP contribution in [0.15, 0.2) is 54.6 Å². The van der Waals surface area contributed by atoms with Crippen LogP contribution in [0.1, 0.15) is 18.8 Å². The Hall–Kier alpha value is -3.13. The summed E-state index contributed by atoms with van der Waals surface area (Å²) in [5, 5.41) is 25.3. The van der Waals surface area contributed by atoms with Gasteiger partial charge in [-0.2, -0.15) is 9.48 Å². The lowest BCUT2D eigenvalue weighted by Crippen LogP contribution is -2.16. The Balaban J connectivity index is 1.66. The second-order valence-corrected chi connectivity index (χ2v) is 5.84. The van der Waals surface area contributed by atoms with Crippen molar-refractivity contribution in [2.45, 2.75) is 13.0 Å². The quantitative estimate of drug-likeness (QED) is 0.561. The minimum absolute atomic E-state index is 0.288.